The van der Waals surface area contributed by atoms with Gasteiger partial charge in [0.05, 0.1) is 5.88 Å². The van der Waals surface area contributed by atoms with E-state index in [9.17, 15) is 9.59 Å². The van der Waals surface area contributed by atoms with Crippen molar-refractivity contribution in [2.45, 2.75) is 6.42 Å². The molecule has 4 heteroatoms. The van der Waals surface area contributed by atoms with E-state index in [0.29, 0.717) is 17.7 Å². The molecule has 0 fully saturated rings. The summed E-state index contributed by atoms with van der Waals surface area (Å²) in [5.41, 5.74) is 2.09. The Hall–Kier alpha value is -1.35. The van der Waals surface area contributed by atoms with E-state index in [0.717, 1.165) is 12.0 Å². The van der Waals surface area contributed by atoms with Crippen LogP contribution in [-0.2, 0) is 6.42 Å². The number of carbonyl (C=O) groups excluding carboxylic acids is 2. The van der Waals surface area contributed by atoms with Crippen LogP contribution in [0.5, 0.6) is 0 Å². The van der Waals surface area contributed by atoms with Gasteiger partial charge in [0.2, 0.25) is 0 Å². The van der Waals surface area contributed by atoms with Crippen molar-refractivity contribution in [1.82, 2.24) is 5.32 Å². The molecule has 1 heterocycles. The quantitative estimate of drug-likeness (QED) is 0.609. The summed E-state index contributed by atoms with van der Waals surface area (Å²) in [7, 11) is 0. The molecular weight excluding hydrogens is 214 g/mol. The summed E-state index contributed by atoms with van der Waals surface area (Å²) in [6.45, 7) is 0.661. The lowest BCUT2D eigenvalue weighted by atomic mass is 9.97. The van der Waals surface area contributed by atoms with E-state index in [4.69, 9.17) is 11.6 Å². The number of rotatable bonds is 2. The van der Waals surface area contributed by atoms with Crippen LogP contribution in [0.1, 0.15) is 26.3 Å². The number of alkyl halides is 1. The number of halogens is 1. The molecule has 0 unspecified atom stereocenters. The first-order chi connectivity index (χ1) is 7.22. The number of amides is 1. The van der Waals surface area contributed by atoms with Crippen LogP contribution < -0.4 is 5.32 Å². The second-order valence-corrected chi connectivity index (χ2v) is 3.70. The molecule has 0 radical (unpaired) electrons. The van der Waals surface area contributed by atoms with Crippen molar-refractivity contribution in [2.24, 2.45) is 0 Å². The average Bonchev–Trinajstić information content (AvgIpc) is 2.28. The van der Waals surface area contributed by atoms with Crippen LogP contribution in [0.4, 0.5) is 0 Å². The fourth-order valence-electron chi connectivity index (χ4n) is 1.66. The molecule has 1 amide bonds. The normalized spacial score (nSPS) is 14.3. The van der Waals surface area contributed by atoms with Gasteiger partial charge >= 0.3 is 0 Å². The predicted octanol–water partition coefficient (Wildman–Crippen LogP) is 1.39. The van der Waals surface area contributed by atoms with Crippen LogP contribution in [0.25, 0.3) is 0 Å². The van der Waals surface area contributed by atoms with Crippen LogP contribution in [0.3, 0.4) is 0 Å². The summed E-state index contributed by atoms with van der Waals surface area (Å²) >= 11 is 5.46. The highest BCUT2D eigenvalue weighted by atomic mass is 35.5. The monoisotopic (exact) mass is 223 g/mol. The number of fused-ring (bicyclic) bond motifs is 1. The molecule has 0 aliphatic carbocycles. The number of nitrogens with one attached hydrogen (secondary N) is 1. The van der Waals surface area contributed by atoms with Crippen molar-refractivity contribution >= 4 is 23.3 Å². The van der Waals surface area contributed by atoms with Gasteiger partial charge in [-0.25, -0.2) is 0 Å². The lowest BCUT2D eigenvalue weighted by Gasteiger charge is -2.16. The third-order valence-corrected chi connectivity index (χ3v) is 2.72. The molecule has 0 aromatic heterocycles. The molecule has 78 valence electrons. The highest BCUT2D eigenvalue weighted by Gasteiger charge is 2.17. The first kappa shape index (κ1) is 10.2. The van der Waals surface area contributed by atoms with Crippen molar-refractivity contribution in [3.63, 3.8) is 0 Å². The SMILES string of the molecule is O=C(CCl)c1ccc2c(c1)C(=O)NCC2. The third kappa shape index (κ3) is 1.88. The van der Waals surface area contributed by atoms with Crippen molar-refractivity contribution < 1.29 is 9.59 Å². The molecule has 3 nitrogen and oxygen atoms in total. The van der Waals surface area contributed by atoms with Crippen molar-refractivity contribution in [3.05, 3.63) is 34.9 Å². The second kappa shape index (κ2) is 4.03. The van der Waals surface area contributed by atoms with E-state index < -0.39 is 0 Å². The number of hydrogen-bond acceptors (Lipinski definition) is 2. The van der Waals surface area contributed by atoms with Gasteiger partial charge in [-0.15, -0.1) is 11.6 Å². The Morgan fingerprint density at radius 3 is 3.00 bits per heavy atom. The molecule has 0 spiro atoms. The van der Waals surface area contributed by atoms with Gasteiger partial charge in [0.25, 0.3) is 5.91 Å². The smallest absolute Gasteiger partial charge is 0.251 e. The van der Waals surface area contributed by atoms with Gasteiger partial charge in [-0.1, -0.05) is 12.1 Å². The van der Waals surface area contributed by atoms with Crippen LogP contribution in [0.2, 0.25) is 0 Å². The maximum atomic E-state index is 11.5. The zero-order valence-corrected chi connectivity index (χ0v) is 8.80. The summed E-state index contributed by atoms with van der Waals surface area (Å²) in [4.78, 5) is 22.8. The Balaban J connectivity index is 2.44. The van der Waals surface area contributed by atoms with E-state index >= 15 is 0 Å². The molecule has 1 N–H and O–H groups in total. The second-order valence-electron chi connectivity index (χ2n) is 3.43. The first-order valence-electron chi connectivity index (χ1n) is 4.72. The molecule has 2 rings (SSSR count). The minimum Gasteiger partial charge on any atom is -0.352 e. The van der Waals surface area contributed by atoms with E-state index in [1.54, 1.807) is 12.1 Å². The van der Waals surface area contributed by atoms with E-state index in [2.05, 4.69) is 5.32 Å². The van der Waals surface area contributed by atoms with Gasteiger partial charge in [-0.2, -0.15) is 0 Å². The summed E-state index contributed by atoms with van der Waals surface area (Å²) in [5.74, 6) is -0.321. The number of Topliss-reactive ketones (excluding diaryl/α,β-unsaturated/α-hetero) is 1. The average molecular weight is 224 g/mol. The number of ketones is 1. The minimum absolute atomic E-state index is 0.0552. The fraction of sp³-hybridized carbons (Fsp3) is 0.273. The lowest BCUT2D eigenvalue weighted by Crippen LogP contribution is -2.32. The molecular formula is C11H10ClNO2. The van der Waals surface area contributed by atoms with Crippen LogP contribution in [0, 0.1) is 0 Å². The molecule has 0 saturated heterocycles. The van der Waals surface area contributed by atoms with E-state index in [-0.39, 0.29) is 17.6 Å². The largest absolute Gasteiger partial charge is 0.352 e. The van der Waals surface area contributed by atoms with Gasteiger partial charge in [0, 0.05) is 17.7 Å². The molecule has 0 bridgehead atoms. The Kier molecular flexibility index (Phi) is 2.73. The standard InChI is InChI=1S/C11H10ClNO2/c12-6-10(14)8-2-1-7-3-4-13-11(15)9(7)5-8/h1-2,5H,3-4,6H2,(H,13,15). The van der Waals surface area contributed by atoms with Gasteiger partial charge in [0.15, 0.2) is 5.78 Å². The predicted molar refractivity (Wildman–Crippen MR) is 57.5 cm³/mol. The van der Waals surface area contributed by atoms with Crippen LogP contribution in [-0.4, -0.2) is 24.1 Å². The summed E-state index contributed by atoms with van der Waals surface area (Å²) < 4.78 is 0. The number of carbonyl (C=O) groups is 2. The summed E-state index contributed by atoms with van der Waals surface area (Å²) in [5, 5.41) is 2.74. The highest BCUT2D eigenvalue weighted by Crippen LogP contribution is 2.16. The van der Waals surface area contributed by atoms with Gasteiger partial charge in [-0.05, 0) is 18.1 Å². The number of hydrogen-bond donors (Lipinski definition) is 1. The summed E-state index contributed by atoms with van der Waals surface area (Å²) in [6.07, 6.45) is 0.816. The van der Waals surface area contributed by atoms with Crippen LogP contribution in [0.15, 0.2) is 18.2 Å². The Labute approximate surface area is 92.4 Å². The molecule has 1 aliphatic heterocycles. The minimum atomic E-state index is -0.155. The van der Waals surface area contributed by atoms with Gasteiger partial charge in [-0.3, -0.25) is 9.59 Å². The topological polar surface area (TPSA) is 46.2 Å². The van der Waals surface area contributed by atoms with Crippen molar-refractivity contribution in [1.29, 1.82) is 0 Å². The zero-order chi connectivity index (χ0) is 10.8. The maximum Gasteiger partial charge on any atom is 0.251 e. The molecule has 1 aliphatic rings. The lowest BCUT2D eigenvalue weighted by molar-refractivity contribution is 0.0946. The molecule has 1 aromatic rings. The Bertz CT molecular complexity index is 429. The molecule has 15 heavy (non-hydrogen) atoms. The Morgan fingerprint density at radius 2 is 2.27 bits per heavy atom. The van der Waals surface area contributed by atoms with E-state index in [1.807, 2.05) is 6.07 Å². The van der Waals surface area contributed by atoms with Crippen molar-refractivity contribution in [3.8, 4) is 0 Å². The molecule has 0 atom stereocenters. The van der Waals surface area contributed by atoms with Gasteiger partial charge in [0.1, 0.15) is 0 Å². The number of benzene rings is 1. The fourth-order valence-corrected chi connectivity index (χ4v) is 1.82. The third-order valence-electron chi connectivity index (χ3n) is 2.48. The van der Waals surface area contributed by atoms with Gasteiger partial charge < -0.3 is 5.32 Å². The first-order valence-corrected chi connectivity index (χ1v) is 5.26. The maximum absolute atomic E-state index is 11.5. The summed E-state index contributed by atoms with van der Waals surface area (Å²) in [6, 6.07) is 5.17. The van der Waals surface area contributed by atoms with Crippen molar-refractivity contribution in [2.75, 3.05) is 12.4 Å². The molecule has 0 saturated carbocycles. The highest BCUT2D eigenvalue weighted by molar-refractivity contribution is 6.30. The molecule has 1 aromatic carbocycles. The van der Waals surface area contributed by atoms with Crippen LogP contribution >= 0.6 is 11.6 Å². The zero-order valence-electron chi connectivity index (χ0n) is 8.05. The van der Waals surface area contributed by atoms with E-state index in [1.165, 1.54) is 0 Å². The Morgan fingerprint density at radius 1 is 1.47 bits per heavy atom.